The highest BCUT2D eigenvalue weighted by molar-refractivity contribution is 5.91. The molecule has 27 heavy (non-hydrogen) atoms. The molecule has 0 aliphatic rings. The van der Waals surface area contributed by atoms with Crippen molar-refractivity contribution in [3.05, 3.63) is 41.2 Å². The average Bonchev–Trinajstić information content (AvgIpc) is 3.03. The summed E-state index contributed by atoms with van der Waals surface area (Å²) in [6, 6.07) is 6.93. The van der Waals surface area contributed by atoms with E-state index < -0.39 is 12.0 Å². The van der Waals surface area contributed by atoms with Crippen LogP contribution in [0.1, 0.15) is 23.9 Å². The van der Waals surface area contributed by atoms with Crippen LogP contribution in [0.3, 0.4) is 0 Å². The molecule has 0 unspecified atom stereocenters. The first-order valence-corrected chi connectivity index (χ1v) is 8.00. The number of carbonyl (C=O) groups is 1. The van der Waals surface area contributed by atoms with Gasteiger partial charge in [0.2, 0.25) is 5.91 Å². The minimum Gasteiger partial charge on any atom is -0.338 e. The van der Waals surface area contributed by atoms with Crippen molar-refractivity contribution in [1.29, 1.82) is 0 Å². The molecule has 0 aliphatic carbocycles. The van der Waals surface area contributed by atoms with E-state index in [9.17, 15) is 18.0 Å². The molecule has 1 N–H and O–H groups in total. The Labute approximate surface area is 152 Å². The number of rotatable bonds is 3. The molecule has 142 valence electrons. The maximum absolute atomic E-state index is 13.1. The van der Waals surface area contributed by atoms with Gasteiger partial charge in [0.1, 0.15) is 0 Å². The van der Waals surface area contributed by atoms with Gasteiger partial charge in [0.05, 0.1) is 0 Å². The molecule has 1 amide bonds. The first-order chi connectivity index (χ1) is 12.6. The Bertz CT molecular complexity index is 1030. The summed E-state index contributed by atoms with van der Waals surface area (Å²) in [5.41, 5.74) is 2.46. The van der Waals surface area contributed by atoms with Crippen LogP contribution in [0.4, 0.5) is 30.4 Å². The van der Waals surface area contributed by atoms with Crippen molar-refractivity contribution in [3.63, 3.8) is 0 Å². The van der Waals surface area contributed by atoms with E-state index in [0.717, 1.165) is 0 Å². The normalized spacial score (nSPS) is 11.7. The monoisotopic (exact) mass is 378 g/mol. The van der Waals surface area contributed by atoms with Crippen LogP contribution >= 0.6 is 0 Å². The summed E-state index contributed by atoms with van der Waals surface area (Å²) >= 11 is 0. The summed E-state index contributed by atoms with van der Waals surface area (Å²) in [7, 11) is 1.63. The number of benzene rings is 1. The van der Waals surface area contributed by atoms with Crippen LogP contribution in [-0.2, 0) is 11.0 Å². The molecule has 3 aromatic rings. The van der Waals surface area contributed by atoms with Gasteiger partial charge >= 0.3 is 6.18 Å². The van der Waals surface area contributed by atoms with Gasteiger partial charge in [-0.15, -0.1) is 15.3 Å². The lowest BCUT2D eigenvalue weighted by atomic mass is 10.2. The Hall–Kier alpha value is -3.17. The Morgan fingerprint density at radius 2 is 1.89 bits per heavy atom. The van der Waals surface area contributed by atoms with Crippen LogP contribution < -0.4 is 10.2 Å². The molecule has 0 aliphatic heterocycles. The molecule has 0 radical (unpaired) electrons. The fraction of sp³-hybridized carbons (Fsp3) is 0.294. The van der Waals surface area contributed by atoms with Crippen LogP contribution in [0.25, 0.3) is 5.65 Å². The van der Waals surface area contributed by atoms with Crippen molar-refractivity contribution < 1.29 is 18.0 Å². The standard InChI is InChI=1S/C17H17F3N6O/c1-9-10(2)15-22-23-16(17(18,19)20)26(15)24-14(9)21-12-6-5-7-13(8-12)25(4)11(3)27/h5-8H,1-4H3,(H,21,24). The zero-order valence-corrected chi connectivity index (χ0v) is 15.1. The molecule has 0 fully saturated rings. The number of anilines is 3. The molecule has 2 aromatic heterocycles. The number of alkyl halides is 3. The zero-order valence-electron chi connectivity index (χ0n) is 15.1. The third-order valence-electron chi connectivity index (χ3n) is 4.32. The summed E-state index contributed by atoms with van der Waals surface area (Å²) in [4.78, 5) is 13.0. The molecule has 2 heterocycles. The molecule has 0 bridgehead atoms. The second-order valence-electron chi connectivity index (χ2n) is 6.11. The SMILES string of the molecule is CC(=O)N(C)c1cccc(Nc2nn3c(C(F)(F)F)nnc3c(C)c2C)c1. The smallest absolute Gasteiger partial charge is 0.338 e. The second kappa shape index (κ2) is 6.53. The van der Waals surface area contributed by atoms with E-state index in [1.54, 1.807) is 45.2 Å². The molecular weight excluding hydrogens is 361 g/mol. The van der Waals surface area contributed by atoms with Gasteiger partial charge < -0.3 is 10.2 Å². The van der Waals surface area contributed by atoms with E-state index in [2.05, 4.69) is 20.6 Å². The Morgan fingerprint density at radius 1 is 1.19 bits per heavy atom. The number of carbonyl (C=O) groups excluding carboxylic acids is 1. The van der Waals surface area contributed by atoms with Gasteiger partial charge in [-0.2, -0.15) is 17.7 Å². The second-order valence-corrected chi connectivity index (χ2v) is 6.11. The van der Waals surface area contributed by atoms with Gasteiger partial charge in [-0.25, -0.2) is 0 Å². The number of amides is 1. The number of nitrogens with zero attached hydrogens (tertiary/aromatic N) is 5. The largest absolute Gasteiger partial charge is 0.453 e. The van der Waals surface area contributed by atoms with Crippen molar-refractivity contribution >= 4 is 28.7 Å². The highest BCUT2D eigenvalue weighted by Gasteiger charge is 2.38. The molecule has 0 saturated heterocycles. The topological polar surface area (TPSA) is 75.4 Å². The highest BCUT2D eigenvalue weighted by Crippen LogP contribution is 2.30. The number of hydrogen-bond acceptors (Lipinski definition) is 5. The van der Waals surface area contributed by atoms with E-state index in [1.807, 2.05) is 0 Å². The predicted molar refractivity (Wildman–Crippen MR) is 94.1 cm³/mol. The lowest BCUT2D eigenvalue weighted by molar-refractivity contribution is -0.146. The number of halogens is 3. The Kier molecular flexibility index (Phi) is 4.50. The number of hydrogen-bond donors (Lipinski definition) is 1. The van der Waals surface area contributed by atoms with Crippen LogP contribution in [0, 0.1) is 13.8 Å². The highest BCUT2D eigenvalue weighted by atomic mass is 19.4. The molecule has 0 spiro atoms. The van der Waals surface area contributed by atoms with Gasteiger partial charge in [0, 0.05) is 36.5 Å². The van der Waals surface area contributed by atoms with Crippen molar-refractivity contribution in [2.75, 3.05) is 17.3 Å². The van der Waals surface area contributed by atoms with Crippen molar-refractivity contribution in [3.8, 4) is 0 Å². The Balaban J connectivity index is 2.06. The van der Waals surface area contributed by atoms with Crippen LogP contribution in [0.15, 0.2) is 24.3 Å². The van der Waals surface area contributed by atoms with E-state index in [0.29, 0.717) is 27.0 Å². The maximum atomic E-state index is 13.1. The fourth-order valence-corrected chi connectivity index (χ4v) is 2.53. The number of nitrogens with one attached hydrogen (secondary N) is 1. The first-order valence-electron chi connectivity index (χ1n) is 8.00. The molecule has 7 nitrogen and oxygen atoms in total. The van der Waals surface area contributed by atoms with Crippen LogP contribution in [0.5, 0.6) is 0 Å². The molecule has 0 atom stereocenters. The van der Waals surface area contributed by atoms with Crippen molar-refractivity contribution in [1.82, 2.24) is 19.8 Å². The quantitative estimate of drug-likeness (QED) is 0.755. The molecular formula is C17H17F3N6O. The predicted octanol–water partition coefficient (Wildman–Crippen LogP) is 3.49. The van der Waals surface area contributed by atoms with Gasteiger partial charge in [0.25, 0.3) is 5.82 Å². The van der Waals surface area contributed by atoms with Gasteiger partial charge in [-0.05, 0) is 32.0 Å². The number of aryl methyl sites for hydroxylation is 1. The van der Waals surface area contributed by atoms with E-state index in [1.165, 1.54) is 11.8 Å². The van der Waals surface area contributed by atoms with Crippen LogP contribution in [0.2, 0.25) is 0 Å². The first kappa shape index (κ1) is 18.6. The van der Waals surface area contributed by atoms with Gasteiger partial charge in [0.15, 0.2) is 11.5 Å². The number of aromatic nitrogens is 4. The Morgan fingerprint density at radius 3 is 2.52 bits per heavy atom. The summed E-state index contributed by atoms with van der Waals surface area (Å²) in [6.45, 7) is 4.83. The zero-order chi connectivity index (χ0) is 19.9. The van der Waals surface area contributed by atoms with Crippen LogP contribution in [-0.4, -0.2) is 32.8 Å². The minimum absolute atomic E-state index is 0.0513. The number of fused-ring (bicyclic) bond motifs is 1. The molecule has 10 heteroatoms. The third kappa shape index (κ3) is 3.42. The maximum Gasteiger partial charge on any atom is 0.453 e. The van der Waals surface area contributed by atoms with E-state index >= 15 is 0 Å². The summed E-state index contributed by atoms with van der Waals surface area (Å²) in [5.74, 6) is -1.08. The lowest BCUT2D eigenvalue weighted by Crippen LogP contribution is -2.22. The summed E-state index contributed by atoms with van der Waals surface area (Å²) < 4.78 is 40.1. The van der Waals surface area contributed by atoms with E-state index in [-0.39, 0.29) is 17.4 Å². The minimum atomic E-state index is -4.67. The van der Waals surface area contributed by atoms with Gasteiger partial charge in [-0.3, -0.25) is 4.79 Å². The lowest BCUT2D eigenvalue weighted by Gasteiger charge is -2.17. The summed E-state index contributed by atoms with van der Waals surface area (Å²) in [5, 5.41) is 13.9. The summed E-state index contributed by atoms with van der Waals surface area (Å²) in [6.07, 6.45) is -4.67. The van der Waals surface area contributed by atoms with Crippen molar-refractivity contribution in [2.24, 2.45) is 0 Å². The fourth-order valence-electron chi connectivity index (χ4n) is 2.53. The van der Waals surface area contributed by atoms with Gasteiger partial charge in [-0.1, -0.05) is 6.07 Å². The molecule has 1 aromatic carbocycles. The van der Waals surface area contributed by atoms with E-state index in [4.69, 9.17) is 0 Å². The average molecular weight is 378 g/mol. The molecule has 3 rings (SSSR count). The third-order valence-corrected chi connectivity index (χ3v) is 4.32. The van der Waals surface area contributed by atoms with Crippen molar-refractivity contribution in [2.45, 2.75) is 26.9 Å². The molecule has 0 saturated carbocycles.